The molecule has 0 saturated carbocycles. The second kappa shape index (κ2) is 8.59. The van der Waals surface area contributed by atoms with Crippen LogP contribution in [0.3, 0.4) is 0 Å². The van der Waals surface area contributed by atoms with Crippen LogP contribution >= 0.6 is 15.9 Å². The second-order valence-corrected chi connectivity index (χ2v) is 6.08. The zero-order valence-corrected chi connectivity index (χ0v) is 14.7. The van der Waals surface area contributed by atoms with Gasteiger partial charge in [0.05, 0.1) is 11.6 Å². The third kappa shape index (κ3) is 5.16. The fourth-order valence-electron chi connectivity index (χ4n) is 2.15. The molecule has 0 aliphatic carbocycles. The molecule has 6 heteroatoms. The molecule has 4 nitrogen and oxygen atoms in total. The van der Waals surface area contributed by atoms with Gasteiger partial charge >= 0.3 is 5.97 Å². The van der Waals surface area contributed by atoms with Crippen LogP contribution in [0.25, 0.3) is 0 Å². The van der Waals surface area contributed by atoms with Crippen LogP contribution in [0.1, 0.15) is 35.3 Å². The maximum atomic E-state index is 12.8. The van der Waals surface area contributed by atoms with Crippen molar-refractivity contribution >= 4 is 27.8 Å². The third-order valence-electron chi connectivity index (χ3n) is 3.43. The molecule has 2 aromatic carbocycles. The van der Waals surface area contributed by atoms with E-state index in [4.69, 9.17) is 4.74 Å². The molecule has 0 aliphatic rings. The van der Waals surface area contributed by atoms with Gasteiger partial charge in [0.1, 0.15) is 5.82 Å². The molecule has 2 rings (SSSR count). The topological polar surface area (TPSA) is 55.4 Å². The van der Waals surface area contributed by atoms with Gasteiger partial charge in [-0.25, -0.2) is 9.18 Å². The first-order chi connectivity index (χ1) is 11.5. The number of rotatable bonds is 6. The first-order valence-corrected chi connectivity index (χ1v) is 8.26. The predicted molar refractivity (Wildman–Crippen MR) is 92.0 cm³/mol. The van der Waals surface area contributed by atoms with Gasteiger partial charge < -0.3 is 10.1 Å². The van der Waals surface area contributed by atoms with E-state index in [1.165, 1.54) is 12.1 Å². The van der Waals surface area contributed by atoms with Crippen LogP contribution in [0.5, 0.6) is 0 Å². The molecular weight excluding hydrogens is 377 g/mol. The Balaban J connectivity index is 1.88. The van der Waals surface area contributed by atoms with E-state index in [9.17, 15) is 14.0 Å². The maximum Gasteiger partial charge on any atom is 0.338 e. The fraction of sp³-hybridized carbons (Fsp3) is 0.222. The summed E-state index contributed by atoms with van der Waals surface area (Å²) >= 11 is 3.37. The zero-order valence-electron chi connectivity index (χ0n) is 13.1. The van der Waals surface area contributed by atoms with E-state index in [-0.39, 0.29) is 24.1 Å². The van der Waals surface area contributed by atoms with Gasteiger partial charge in [0.15, 0.2) is 6.61 Å². The van der Waals surface area contributed by atoms with Crippen molar-refractivity contribution in [3.63, 3.8) is 0 Å². The summed E-state index contributed by atoms with van der Waals surface area (Å²) in [6.07, 6.45) is 0.708. The predicted octanol–water partition coefficient (Wildman–Crippen LogP) is 4.01. The lowest BCUT2D eigenvalue weighted by atomic mass is 10.0. The molecule has 1 amide bonds. The number of ether oxygens (including phenoxy) is 1. The van der Waals surface area contributed by atoms with E-state index in [1.807, 2.05) is 31.2 Å². The van der Waals surface area contributed by atoms with Crippen molar-refractivity contribution in [1.29, 1.82) is 0 Å². The number of amides is 1. The highest BCUT2D eigenvalue weighted by molar-refractivity contribution is 9.10. The molecule has 0 unspecified atom stereocenters. The molecule has 0 bridgehead atoms. The second-order valence-electron chi connectivity index (χ2n) is 5.16. The van der Waals surface area contributed by atoms with E-state index < -0.39 is 11.8 Å². The Morgan fingerprint density at radius 1 is 1.12 bits per heavy atom. The quantitative estimate of drug-likeness (QED) is 0.754. The molecule has 1 N–H and O–H groups in total. The van der Waals surface area contributed by atoms with Gasteiger partial charge in [-0.05, 0) is 48.4 Å². The minimum atomic E-state index is -0.665. The first-order valence-electron chi connectivity index (χ1n) is 7.47. The van der Waals surface area contributed by atoms with Crippen molar-refractivity contribution in [2.24, 2.45) is 0 Å². The molecular formula is C18H17BrFNO3. The summed E-state index contributed by atoms with van der Waals surface area (Å²) < 4.78 is 18.7. The average molecular weight is 394 g/mol. The van der Waals surface area contributed by atoms with Crippen molar-refractivity contribution in [3.05, 3.63) is 69.9 Å². The van der Waals surface area contributed by atoms with Crippen molar-refractivity contribution < 1.29 is 18.7 Å². The van der Waals surface area contributed by atoms with Gasteiger partial charge in [0.2, 0.25) is 0 Å². The van der Waals surface area contributed by atoms with Crippen LogP contribution < -0.4 is 5.32 Å². The number of nitrogens with one attached hydrogen (secondary N) is 1. The Hall–Kier alpha value is -2.21. The smallest absolute Gasteiger partial charge is 0.338 e. The van der Waals surface area contributed by atoms with E-state index in [0.29, 0.717) is 6.42 Å². The number of esters is 1. The highest BCUT2D eigenvalue weighted by Gasteiger charge is 2.15. The van der Waals surface area contributed by atoms with Gasteiger partial charge in [-0.1, -0.05) is 35.0 Å². The van der Waals surface area contributed by atoms with E-state index in [2.05, 4.69) is 21.2 Å². The number of halogens is 2. The monoisotopic (exact) mass is 393 g/mol. The number of hydrogen-bond acceptors (Lipinski definition) is 3. The lowest BCUT2D eigenvalue weighted by molar-refractivity contribution is -0.125. The Bertz CT molecular complexity index is 701. The SMILES string of the molecule is CC[C@H](NC(=O)COC(=O)c1ccc(F)cc1)c1ccc(Br)cc1. The van der Waals surface area contributed by atoms with Crippen LogP contribution in [0, 0.1) is 5.82 Å². The summed E-state index contributed by atoms with van der Waals surface area (Å²) in [5.74, 6) is -1.49. The van der Waals surface area contributed by atoms with Gasteiger partial charge in [0, 0.05) is 4.47 Å². The highest BCUT2D eigenvalue weighted by Crippen LogP contribution is 2.19. The van der Waals surface area contributed by atoms with Crippen molar-refractivity contribution in [3.8, 4) is 0 Å². The molecule has 0 heterocycles. The maximum absolute atomic E-state index is 12.8. The molecule has 0 radical (unpaired) electrons. The van der Waals surface area contributed by atoms with Crippen LogP contribution in [0.15, 0.2) is 53.0 Å². The molecule has 0 saturated heterocycles. The normalized spacial score (nSPS) is 11.6. The molecule has 126 valence electrons. The third-order valence-corrected chi connectivity index (χ3v) is 3.96. The van der Waals surface area contributed by atoms with E-state index in [1.54, 1.807) is 0 Å². The lowest BCUT2D eigenvalue weighted by Crippen LogP contribution is -2.32. The molecule has 24 heavy (non-hydrogen) atoms. The van der Waals surface area contributed by atoms with Gasteiger partial charge in [0.25, 0.3) is 5.91 Å². The van der Waals surface area contributed by atoms with Gasteiger partial charge in [-0.3, -0.25) is 4.79 Å². The molecule has 1 atom stereocenters. The Morgan fingerprint density at radius 3 is 2.33 bits per heavy atom. The zero-order chi connectivity index (χ0) is 17.5. The number of carbonyl (C=O) groups excluding carboxylic acids is 2. The van der Waals surface area contributed by atoms with Crippen molar-refractivity contribution in [2.45, 2.75) is 19.4 Å². The number of benzene rings is 2. The first kappa shape index (κ1) is 18.1. The fourth-order valence-corrected chi connectivity index (χ4v) is 2.42. The lowest BCUT2D eigenvalue weighted by Gasteiger charge is -2.17. The van der Waals surface area contributed by atoms with E-state index in [0.717, 1.165) is 22.2 Å². The summed E-state index contributed by atoms with van der Waals surface area (Å²) in [6, 6.07) is 12.4. The van der Waals surface area contributed by atoms with Crippen LogP contribution in [0.4, 0.5) is 4.39 Å². The summed E-state index contributed by atoms with van der Waals surface area (Å²) in [6.45, 7) is 1.57. The molecule has 2 aromatic rings. The average Bonchev–Trinajstić information content (AvgIpc) is 2.59. The van der Waals surface area contributed by atoms with Crippen LogP contribution in [-0.2, 0) is 9.53 Å². The van der Waals surface area contributed by atoms with Crippen LogP contribution in [0.2, 0.25) is 0 Å². The Labute approximate surface area is 148 Å². The Morgan fingerprint density at radius 2 is 1.75 bits per heavy atom. The highest BCUT2D eigenvalue weighted by atomic mass is 79.9. The minimum Gasteiger partial charge on any atom is -0.452 e. The molecule has 0 aliphatic heterocycles. The summed E-state index contributed by atoms with van der Waals surface area (Å²) in [4.78, 5) is 23.8. The van der Waals surface area contributed by atoms with Crippen LogP contribution in [-0.4, -0.2) is 18.5 Å². The standard InChI is InChI=1S/C18H17BrFNO3/c1-2-16(12-3-7-14(19)8-4-12)21-17(22)11-24-18(23)13-5-9-15(20)10-6-13/h3-10,16H,2,11H2,1H3,(H,21,22)/t16-/m0/s1. The summed E-state index contributed by atoms with van der Waals surface area (Å²) in [5.41, 5.74) is 1.17. The summed E-state index contributed by atoms with van der Waals surface area (Å²) in [7, 11) is 0. The minimum absolute atomic E-state index is 0.157. The molecule has 0 aromatic heterocycles. The summed E-state index contributed by atoms with van der Waals surface area (Å²) in [5, 5.41) is 2.83. The number of carbonyl (C=O) groups is 2. The number of hydrogen-bond donors (Lipinski definition) is 1. The molecule has 0 fully saturated rings. The van der Waals surface area contributed by atoms with E-state index >= 15 is 0 Å². The van der Waals surface area contributed by atoms with Crippen molar-refractivity contribution in [1.82, 2.24) is 5.32 Å². The Kier molecular flexibility index (Phi) is 6.49. The largest absolute Gasteiger partial charge is 0.452 e. The van der Waals surface area contributed by atoms with Gasteiger partial charge in [-0.2, -0.15) is 0 Å². The molecule has 0 spiro atoms. The van der Waals surface area contributed by atoms with Crippen molar-refractivity contribution in [2.75, 3.05) is 6.61 Å². The van der Waals surface area contributed by atoms with Gasteiger partial charge in [-0.15, -0.1) is 0 Å².